The van der Waals surface area contributed by atoms with Crippen LogP contribution in [-0.4, -0.2) is 87.4 Å². The predicted molar refractivity (Wildman–Crippen MR) is 130 cm³/mol. The van der Waals surface area contributed by atoms with E-state index in [4.69, 9.17) is 21.7 Å². The first-order chi connectivity index (χ1) is 17.5. The number of carbonyl (C=O) groups excluding carboxylic acids is 3. The molecule has 4 atom stereocenters. The highest BCUT2D eigenvalue weighted by atomic mass is 16.4. The van der Waals surface area contributed by atoms with Crippen molar-refractivity contribution in [2.45, 2.75) is 62.7 Å². The molecule has 14 nitrogen and oxygen atoms in total. The molecular weight excluding hydrogens is 490 g/mol. The van der Waals surface area contributed by atoms with Crippen LogP contribution in [-0.2, 0) is 30.4 Å². The number of nitrogens with one attached hydrogen (secondary N) is 3. The Hall–Kier alpha value is -3.75. The molecule has 1 aromatic carbocycles. The fourth-order valence-electron chi connectivity index (χ4n) is 3.27. The summed E-state index contributed by atoms with van der Waals surface area (Å²) in [6, 6.07) is 0.406. The highest BCUT2D eigenvalue weighted by molar-refractivity contribution is 5.94. The van der Waals surface area contributed by atoms with Gasteiger partial charge < -0.3 is 47.8 Å². The summed E-state index contributed by atoms with van der Waals surface area (Å²) in [4.78, 5) is 60.9. The second kappa shape index (κ2) is 16.1. The van der Waals surface area contributed by atoms with Crippen LogP contribution in [0.1, 0.15) is 37.7 Å². The van der Waals surface area contributed by atoms with Gasteiger partial charge in [-0.3, -0.25) is 19.2 Å². The molecule has 206 valence electrons. The van der Waals surface area contributed by atoms with Gasteiger partial charge in [-0.05, 0) is 49.9 Å². The van der Waals surface area contributed by atoms with E-state index in [9.17, 15) is 34.2 Å². The van der Waals surface area contributed by atoms with E-state index >= 15 is 0 Å². The maximum absolute atomic E-state index is 13.1. The van der Waals surface area contributed by atoms with Crippen LogP contribution in [0.2, 0.25) is 0 Å². The number of phenolic OH excluding ortho intramolecular Hbond substituents is 1. The number of amides is 3. The second-order valence-electron chi connectivity index (χ2n) is 8.40. The van der Waals surface area contributed by atoms with E-state index in [2.05, 4.69) is 16.0 Å². The van der Waals surface area contributed by atoms with Crippen LogP contribution < -0.4 is 27.4 Å². The fraction of sp³-hybridized carbons (Fsp3) is 0.522. The second-order valence-corrected chi connectivity index (χ2v) is 8.40. The van der Waals surface area contributed by atoms with E-state index in [1.54, 1.807) is 0 Å². The Morgan fingerprint density at radius 2 is 1.38 bits per heavy atom. The van der Waals surface area contributed by atoms with E-state index in [1.807, 2.05) is 0 Å². The zero-order valence-corrected chi connectivity index (χ0v) is 20.3. The molecule has 0 fully saturated rings. The topological polar surface area (TPSA) is 254 Å². The SMILES string of the molecule is NCCCCC(NC(=O)C(CCC(=O)O)NC(=O)C(Cc1ccc(O)cc1)NC(=O)C(N)CO)C(=O)O. The van der Waals surface area contributed by atoms with Crippen molar-refractivity contribution in [3.63, 3.8) is 0 Å². The summed E-state index contributed by atoms with van der Waals surface area (Å²) in [6.45, 7) is -0.352. The molecule has 0 aliphatic heterocycles. The van der Waals surface area contributed by atoms with Gasteiger partial charge >= 0.3 is 11.9 Å². The number of benzene rings is 1. The van der Waals surface area contributed by atoms with Crippen LogP contribution in [0.25, 0.3) is 0 Å². The zero-order valence-electron chi connectivity index (χ0n) is 20.3. The van der Waals surface area contributed by atoms with Gasteiger partial charge in [0.25, 0.3) is 0 Å². The van der Waals surface area contributed by atoms with Gasteiger partial charge in [-0.25, -0.2) is 4.79 Å². The lowest BCUT2D eigenvalue weighted by Gasteiger charge is -2.25. The Morgan fingerprint density at radius 1 is 0.811 bits per heavy atom. The number of unbranched alkanes of at least 4 members (excludes halogenated alkanes) is 1. The van der Waals surface area contributed by atoms with Gasteiger partial charge in [0.05, 0.1) is 6.61 Å². The lowest BCUT2D eigenvalue weighted by molar-refractivity contribution is -0.143. The van der Waals surface area contributed by atoms with Gasteiger partial charge in [0, 0.05) is 12.8 Å². The van der Waals surface area contributed by atoms with Crippen LogP contribution in [0.15, 0.2) is 24.3 Å². The van der Waals surface area contributed by atoms with Gasteiger partial charge in [0.2, 0.25) is 17.7 Å². The number of phenols is 1. The Morgan fingerprint density at radius 3 is 1.92 bits per heavy atom. The maximum Gasteiger partial charge on any atom is 0.326 e. The zero-order chi connectivity index (χ0) is 28.0. The Balaban J connectivity index is 3.10. The van der Waals surface area contributed by atoms with Crippen molar-refractivity contribution in [3.8, 4) is 5.75 Å². The fourth-order valence-corrected chi connectivity index (χ4v) is 3.27. The van der Waals surface area contributed by atoms with Crippen LogP contribution in [0.3, 0.4) is 0 Å². The Kier molecular flexibility index (Phi) is 13.6. The van der Waals surface area contributed by atoms with Gasteiger partial charge in [0.1, 0.15) is 29.9 Å². The van der Waals surface area contributed by atoms with E-state index in [-0.39, 0.29) is 25.0 Å². The van der Waals surface area contributed by atoms with E-state index < -0.39 is 66.9 Å². The summed E-state index contributed by atoms with van der Waals surface area (Å²) >= 11 is 0. The molecule has 37 heavy (non-hydrogen) atoms. The number of hydrogen-bond donors (Lipinski definition) is 9. The van der Waals surface area contributed by atoms with Crippen molar-refractivity contribution in [1.82, 2.24) is 16.0 Å². The molecule has 0 aromatic heterocycles. The van der Waals surface area contributed by atoms with Crippen LogP contribution in [0.5, 0.6) is 5.75 Å². The average molecular weight is 526 g/mol. The number of rotatable bonds is 17. The van der Waals surface area contributed by atoms with Gasteiger partial charge in [-0.2, -0.15) is 0 Å². The van der Waals surface area contributed by atoms with Gasteiger partial charge in [0.15, 0.2) is 0 Å². The highest BCUT2D eigenvalue weighted by Gasteiger charge is 2.30. The van der Waals surface area contributed by atoms with Crippen molar-refractivity contribution in [2.24, 2.45) is 11.5 Å². The van der Waals surface area contributed by atoms with Crippen molar-refractivity contribution >= 4 is 29.7 Å². The lowest BCUT2D eigenvalue weighted by atomic mass is 10.0. The monoisotopic (exact) mass is 525 g/mol. The molecule has 14 heteroatoms. The summed E-state index contributed by atoms with van der Waals surface area (Å²) in [5.74, 6) is -5.19. The smallest absolute Gasteiger partial charge is 0.326 e. The number of carboxylic acids is 2. The summed E-state index contributed by atoms with van der Waals surface area (Å²) < 4.78 is 0. The third kappa shape index (κ3) is 11.7. The number of aromatic hydroxyl groups is 1. The Bertz CT molecular complexity index is 926. The minimum Gasteiger partial charge on any atom is -0.508 e. The maximum atomic E-state index is 13.1. The van der Waals surface area contributed by atoms with Crippen molar-refractivity contribution < 1.29 is 44.4 Å². The average Bonchev–Trinajstić information content (AvgIpc) is 2.85. The minimum absolute atomic E-state index is 0.0269. The van der Waals surface area contributed by atoms with E-state index in [1.165, 1.54) is 24.3 Å². The molecule has 0 spiro atoms. The highest BCUT2D eigenvalue weighted by Crippen LogP contribution is 2.12. The molecule has 0 heterocycles. The van der Waals surface area contributed by atoms with Crippen molar-refractivity contribution in [2.75, 3.05) is 13.2 Å². The Labute approximate surface area is 213 Å². The van der Waals surface area contributed by atoms with Crippen LogP contribution in [0, 0.1) is 0 Å². The van der Waals surface area contributed by atoms with E-state index in [0.29, 0.717) is 24.9 Å². The molecule has 4 unspecified atom stereocenters. The predicted octanol–water partition coefficient (Wildman–Crippen LogP) is -2.21. The summed E-state index contributed by atoms with van der Waals surface area (Å²) in [5, 5.41) is 44.2. The number of aliphatic carboxylic acids is 2. The normalized spacial score (nSPS) is 14.0. The molecule has 0 aliphatic rings. The number of carbonyl (C=O) groups is 5. The molecule has 0 aliphatic carbocycles. The standard InChI is InChI=1S/C23H35N5O9/c24-10-2-1-3-17(23(36)37)27-21(34)16(8-9-19(31)32)26-22(35)18(28-20(33)15(25)12-29)11-13-4-6-14(30)7-5-13/h4-7,15-18,29-30H,1-3,8-12,24-25H2,(H,26,35)(H,27,34)(H,28,33)(H,31,32)(H,36,37). The van der Waals surface area contributed by atoms with Gasteiger partial charge in [-0.15, -0.1) is 0 Å². The minimum atomic E-state index is -1.43. The van der Waals surface area contributed by atoms with E-state index in [0.717, 1.165) is 0 Å². The third-order valence-corrected chi connectivity index (χ3v) is 5.38. The summed E-state index contributed by atoms with van der Waals surface area (Å²) in [5.41, 5.74) is 11.5. The summed E-state index contributed by atoms with van der Waals surface area (Å²) in [6.07, 6.45) is 0.0848. The molecular formula is C23H35N5O9. The third-order valence-electron chi connectivity index (χ3n) is 5.38. The quantitative estimate of drug-likeness (QED) is 0.0985. The largest absolute Gasteiger partial charge is 0.508 e. The molecule has 1 aromatic rings. The number of carboxylic acid groups (broad SMARTS) is 2. The van der Waals surface area contributed by atoms with Crippen LogP contribution in [0.4, 0.5) is 0 Å². The number of nitrogens with two attached hydrogens (primary N) is 2. The molecule has 0 saturated carbocycles. The van der Waals surface area contributed by atoms with Crippen molar-refractivity contribution in [1.29, 1.82) is 0 Å². The molecule has 11 N–H and O–H groups in total. The summed E-state index contributed by atoms with van der Waals surface area (Å²) in [7, 11) is 0. The lowest BCUT2D eigenvalue weighted by Crippen LogP contribution is -2.58. The van der Waals surface area contributed by atoms with Crippen molar-refractivity contribution in [3.05, 3.63) is 29.8 Å². The first-order valence-corrected chi connectivity index (χ1v) is 11.7. The number of aliphatic hydroxyl groups is 1. The molecule has 1 rings (SSSR count). The first-order valence-electron chi connectivity index (χ1n) is 11.7. The molecule has 0 saturated heterocycles. The molecule has 0 radical (unpaired) electrons. The van der Waals surface area contributed by atoms with Gasteiger partial charge in [-0.1, -0.05) is 12.1 Å². The molecule has 3 amide bonds. The van der Waals surface area contributed by atoms with Crippen LogP contribution >= 0.6 is 0 Å². The number of aliphatic hydroxyl groups excluding tert-OH is 1. The number of hydrogen-bond acceptors (Lipinski definition) is 9. The first kappa shape index (κ1) is 31.3. The molecule has 0 bridgehead atoms.